The maximum atomic E-state index is 11.6. The summed E-state index contributed by atoms with van der Waals surface area (Å²) < 4.78 is 4.69. The molecule has 1 fully saturated rings. The molecule has 11 heteroatoms. The first-order chi connectivity index (χ1) is 9.31. The number of nitrogens with zero attached hydrogens (tertiary/aromatic N) is 2. The van der Waals surface area contributed by atoms with Crippen LogP contribution in [0, 0.1) is 4.91 Å². The van der Waals surface area contributed by atoms with Gasteiger partial charge in [-0.2, -0.15) is 5.01 Å². The van der Waals surface area contributed by atoms with Gasteiger partial charge in [-0.05, 0) is 6.92 Å². The number of carbonyl (C=O) groups excluding carboxylic acids is 1. The second-order valence-electron chi connectivity index (χ2n) is 4.20. The van der Waals surface area contributed by atoms with E-state index in [1.807, 2.05) is 0 Å². The first-order valence-electron chi connectivity index (χ1n) is 5.77. The number of aliphatic hydroxyl groups excluding tert-OH is 4. The molecule has 20 heavy (non-hydrogen) atoms. The molecule has 1 aliphatic heterocycles. The van der Waals surface area contributed by atoms with Crippen LogP contribution in [0.5, 0.6) is 0 Å². The molecule has 2 amide bonds. The summed E-state index contributed by atoms with van der Waals surface area (Å²) >= 11 is 0. The average Bonchev–Trinajstić information content (AvgIpc) is 2.42. The van der Waals surface area contributed by atoms with E-state index < -0.39 is 43.0 Å². The minimum Gasteiger partial charge on any atom is -0.394 e. The van der Waals surface area contributed by atoms with Gasteiger partial charge in [-0.15, -0.1) is 4.91 Å². The summed E-state index contributed by atoms with van der Waals surface area (Å²) in [7, 11) is 0. The van der Waals surface area contributed by atoms with Gasteiger partial charge in [0.15, 0.2) is 0 Å². The van der Waals surface area contributed by atoms with E-state index in [0.717, 1.165) is 0 Å². The lowest BCUT2D eigenvalue weighted by Crippen LogP contribution is -2.74. The molecule has 1 unspecified atom stereocenters. The van der Waals surface area contributed by atoms with Gasteiger partial charge in [0.05, 0.1) is 11.9 Å². The van der Waals surface area contributed by atoms with E-state index in [9.17, 15) is 30.1 Å². The maximum absolute atomic E-state index is 11.6. The number of hydrogen-bond acceptors (Lipinski definition) is 9. The smallest absolute Gasteiger partial charge is 0.342 e. The highest BCUT2D eigenvalue weighted by Crippen LogP contribution is 2.27. The summed E-state index contributed by atoms with van der Waals surface area (Å²) in [6, 6.07) is -1.21. The quantitative estimate of drug-likeness (QED) is 0.179. The van der Waals surface area contributed by atoms with Crippen molar-refractivity contribution in [3.05, 3.63) is 4.91 Å². The number of nitroso groups, excluding NO2 is 1. The zero-order valence-electron chi connectivity index (χ0n) is 10.6. The summed E-state index contributed by atoms with van der Waals surface area (Å²) in [6.07, 6.45) is -7.30. The van der Waals surface area contributed by atoms with Gasteiger partial charge in [0.25, 0.3) is 0 Å². The lowest BCUT2D eigenvalue weighted by atomic mass is 9.93. The molecule has 0 aliphatic carbocycles. The molecular weight excluding hydrogens is 278 g/mol. The number of urea groups is 1. The van der Waals surface area contributed by atoms with E-state index in [0.29, 0.717) is 5.01 Å². The van der Waals surface area contributed by atoms with Gasteiger partial charge in [-0.25, -0.2) is 4.79 Å². The predicted octanol–water partition coefficient (Wildman–Crippen LogP) is -3.18. The van der Waals surface area contributed by atoms with Crippen molar-refractivity contribution in [2.45, 2.75) is 37.3 Å². The van der Waals surface area contributed by atoms with Crippen LogP contribution in [0.25, 0.3) is 0 Å². The highest BCUT2D eigenvalue weighted by atomic mass is 16.6. The van der Waals surface area contributed by atoms with E-state index in [4.69, 9.17) is 5.11 Å². The molecule has 0 radical (unpaired) electrons. The fourth-order valence-electron chi connectivity index (χ4n) is 1.72. The number of ether oxygens (including phenoxy) is 1. The Labute approximate surface area is 113 Å². The van der Waals surface area contributed by atoms with Crippen molar-refractivity contribution in [3.8, 4) is 0 Å². The molecule has 1 saturated heterocycles. The number of carbonyl (C=O) groups is 1. The highest BCUT2D eigenvalue weighted by molar-refractivity contribution is 5.74. The van der Waals surface area contributed by atoms with Crippen LogP contribution < -0.4 is 5.32 Å². The van der Waals surface area contributed by atoms with Crippen LogP contribution in [-0.2, 0) is 4.74 Å². The molecule has 5 atom stereocenters. The molecular formula is C9H17N3O8. The van der Waals surface area contributed by atoms with Gasteiger partial charge in [-0.1, -0.05) is 0 Å². The van der Waals surface area contributed by atoms with Crippen molar-refractivity contribution in [2.75, 3.05) is 13.2 Å². The average molecular weight is 295 g/mol. The lowest BCUT2D eigenvalue weighted by molar-refractivity contribution is -0.335. The van der Waals surface area contributed by atoms with Crippen LogP contribution in [0.15, 0.2) is 5.29 Å². The van der Waals surface area contributed by atoms with E-state index >= 15 is 0 Å². The number of nitrogens with one attached hydrogen (secondary N) is 1. The number of hydrogen-bond donors (Lipinski definition) is 6. The Balaban J connectivity index is 2.90. The van der Waals surface area contributed by atoms with Gasteiger partial charge < -0.3 is 35.6 Å². The molecule has 0 spiro atoms. The number of aliphatic hydroxyl groups is 5. The molecule has 1 heterocycles. The van der Waals surface area contributed by atoms with Gasteiger partial charge in [0.2, 0.25) is 12.0 Å². The predicted molar refractivity (Wildman–Crippen MR) is 61.6 cm³/mol. The van der Waals surface area contributed by atoms with Crippen molar-refractivity contribution in [2.24, 2.45) is 5.29 Å². The van der Waals surface area contributed by atoms with E-state index in [1.54, 1.807) is 5.32 Å². The van der Waals surface area contributed by atoms with Crippen LogP contribution in [0.4, 0.5) is 4.79 Å². The Hall–Kier alpha value is -1.37. The first-order valence-corrected chi connectivity index (χ1v) is 5.77. The third-order valence-corrected chi connectivity index (χ3v) is 2.96. The zero-order chi connectivity index (χ0) is 15.5. The molecule has 0 aromatic heterocycles. The largest absolute Gasteiger partial charge is 0.394 e. The Bertz CT molecular complexity index is 369. The van der Waals surface area contributed by atoms with Crippen LogP contribution in [-0.4, -0.2) is 80.1 Å². The van der Waals surface area contributed by atoms with Crippen molar-refractivity contribution in [3.63, 3.8) is 0 Å². The second kappa shape index (κ2) is 6.39. The zero-order valence-corrected chi connectivity index (χ0v) is 10.6. The van der Waals surface area contributed by atoms with Crippen LogP contribution >= 0.6 is 0 Å². The van der Waals surface area contributed by atoms with Crippen molar-refractivity contribution < 1.29 is 35.1 Å². The fourth-order valence-corrected chi connectivity index (χ4v) is 1.72. The van der Waals surface area contributed by atoms with Gasteiger partial charge in [-0.3, -0.25) is 0 Å². The second-order valence-corrected chi connectivity index (χ2v) is 4.20. The standard InChI is InChI=1S/C9H17N3O8/c1-2-12(11-19)8(17)10-9(18)6(15)5(14)4(3-13)20-7(9)16/h4-7,13-16,18H,2-3H2,1H3,(H,10,17)/t4-,5-,6+,7?,9+/m1/s1. The monoisotopic (exact) mass is 295 g/mol. The van der Waals surface area contributed by atoms with Crippen LogP contribution in [0.1, 0.15) is 6.92 Å². The summed E-state index contributed by atoms with van der Waals surface area (Å²) in [4.78, 5) is 21.9. The SMILES string of the molecule is CCN(N=O)C(=O)N[C@@]1(O)C(O)O[C@H](CO)[C@@H](O)[C@@H]1O. The van der Waals surface area contributed by atoms with Crippen LogP contribution in [0.2, 0.25) is 0 Å². The van der Waals surface area contributed by atoms with Gasteiger partial charge in [0, 0.05) is 6.54 Å². The first kappa shape index (κ1) is 16.7. The van der Waals surface area contributed by atoms with Gasteiger partial charge >= 0.3 is 6.03 Å². The van der Waals surface area contributed by atoms with Crippen molar-refractivity contribution in [1.29, 1.82) is 0 Å². The lowest BCUT2D eigenvalue weighted by Gasteiger charge is -2.45. The maximum Gasteiger partial charge on any atom is 0.342 e. The number of rotatable bonds is 4. The Morgan fingerprint density at radius 3 is 2.50 bits per heavy atom. The van der Waals surface area contributed by atoms with E-state index in [-0.39, 0.29) is 6.54 Å². The minimum atomic E-state index is -2.76. The molecule has 116 valence electrons. The molecule has 0 bridgehead atoms. The molecule has 0 aromatic carbocycles. The molecule has 0 aromatic rings. The molecule has 6 N–H and O–H groups in total. The molecule has 11 nitrogen and oxygen atoms in total. The number of amides is 2. The molecule has 1 aliphatic rings. The molecule has 0 saturated carbocycles. The summed E-state index contributed by atoms with van der Waals surface area (Å²) in [5, 5.41) is 52.3. The minimum absolute atomic E-state index is 0.125. The third-order valence-electron chi connectivity index (χ3n) is 2.96. The van der Waals surface area contributed by atoms with Crippen molar-refractivity contribution >= 4 is 6.03 Å². The van der Waals surface area contributed by atoms with Gasteiger partial charge in [0.1, 0.15) is 18.3 Å². The van der Waals surface area contributed by atoms with Crippen molar-refractivity contribution in [1.82, 2.24) is 10.3 Å². The third kappa shape index (κ3) is 2.87. The summed E-state index contributed by atoms with van der Waals surface area (Å²) in [5.74, 6) is 0. The summed E-state index contributed by atoms with van der Waals surface area (Å²) in [6.45, 7) is 0.572. The Morgan fingerprint density at radius 1 is 1.45 bits per heavy atom. The normalized spacial score (nSPS) is 37.3. The van der Waals surface area contributed by atoms with E-state index in [2.05, 4.69) is 10.0 Å². The van der Waals surface area contributed by atoms with E-state index in [1.165, 1.54) is 6.92 Å². The summed E-state index contributed by atoms with van der Waals surface area (Å²) in [5.41, 5.74) is -2.76. The highest BCUT2D eigenvalue weighted by Gasteiger charge is 2.55. The Kier molecular flexibility index (Phi) is 5.33. The topological polar surface area (TPSA) is 172 Å². The van der Waals surface area contributed by atoms with Crippen LogP contribution in [0.3, 0.4) is 0 Å². The Morgan fingerprint density at radius 2 is 2.05 bits per heavy atom. The molecule has 1 rings (SSSR count). The fraction of sp³-hybridized carbons (Fsp3) is 0.889.